The summed E-state index contributed by atoms with van der Waals surface area (Å²) in [6.07, 6.45) is 4.04. The quantitative estimate of drug-likeness (QED) is 0.768. The minimum absolute atomic E-state index is 0.200. The highest BCUT2D eigenvalue weighted by atomic mass is 35.5. The number of hydrogen-bond donors (Lipinski definition) is 1. The van der Waals surface area contributed by atoms with Crippen LogP contribution in [0.25, 0.3) is 0 Å². The van der Waals surface area contributed by atoms with Crippen molar-refractivity contribution in [1.29, 1.82) is 0 Å². The molecular formula is C17H21ClN2. The fourth-order valence-electron chi connectivity index (χ4n) is 2.26. The fraction of sp³-hybridized carbons (Fsp3) is 0.353. The molecule has 0 saturated carbocycles. The molecule has 3 heteroatoms. The maximum atomic E-state index is 6.15. The van der Waals surface area contributed by atoms with E-state index < -0.39 is 0 Å². The van der Waals surface area contributed by atoms with Crippen molar-refractivity contribution in [1.82, 2.24) is 4.98 Å². The third kappa shape index (κ3) is 3.51. The minimum Gasteiger partial charge on any atom is -0.376 e. The van der Waals surface area contributed by atoms with Gasteiger partial charge in [0.1, 0.15) is 0 Å². The van der Waals surface area contributed by atoms with Gasteiger partial charge in [0, 0.05) is 12.2 Å². The normalized spacial score (nSPS) is 12.2. The van der Waals surface area contributed by atoms with Crippen LogP contribution < -0.4 is 5.32 Å². The van der Waals surface area contributed by atoms with Gasteiger partial charge in [0.2, 0.25) is 0 Å². The molecule has 0 amide bonds. The maximum absolute atomic E-state index is 6.15. The van der Waals surface area contributed by atoms with E-state index in [1.807, 2.05) is 13.0 Å². The number of nitrogens with one attached hydrogen (secondary N) is 1. The van der Waals surface area contributed by atoms with Crippen LogP contribution in [-0.2, 0) is 6.42 Å². The molecular weight excluding hydrogens is 268 g/mol. The number of nitrogens with zero attached hydrogens (tertiary/aromatic N) is 1. The molecule has 0 saturated heterocycles. The molecule has 0 spiro atoms. The summed E-state index contributed by atoms with van der Waals surface area (Å²) < 4.78 is 0. The first-order valence-corrected chi connectivity index (χ1v) is 7.46. The average molecular weight is 289 g/mol. The molecule has 1 aromatic heterocycles. The number of aryl methyl sites for hydroxylation is 2. The molecule has 0 aliphatic rings. The van der Waals surface area contributed by atoms with Crippen molar-refractivity contribution < 1.29 is 0 Å². The van der Waals surface area contributed by atoms with Crippen LogP contribution in [0.1, 0.15) is 43.0 Å². The molecule has 2 rings (SSSR count). The van der Waals surface area contributed by atoms with Gasteiger partial charge < -0.3 is 5.32 Å². The molecule has 0 radical (unpaired) electrons. The zero-order chi connectivity index (χ0) is 14.5. The monoisotopic (exact) mass is 288 g/mol. The lowest BCUT2D eigenvalue weighted by molar-refractivity contribution is 0.873. The van der Waals surface area contributed by atoms with Gasteiger partial charge >= 0.3 is 0 Å². The zero-order valence-electron chi connectivity index (χ0n) is 12.3. The lowest BCUT2D eigenvalue weighted by Gasteiger charge is -2.18. The smallest absolute Gasteiger partial charge is 0.152 e. The number of pyridine rings is 1. The Bertz CT molecular complexity index is 543. The lowest BCUT2D eigenvalue weighted by atomic mass is 10.0. The molecule has 106 valence electrons. The molecule has 0 aliphatic heterocycles. The summed E-state index contributed by atoms with van der Waals surface area (Å²) in [6, 6.07) is 10.9. The van der Waals surface area contributed by atoms with E-state index in [2.05, 4.69) is 48.4 Å². The summed E-state index contributed by atoms with van der Waals surface area (Å²) in [4.78, 5) is 4.13. The van der Waals surface area contributed by atoms with Crippen LogP contribution in [0.4, 0.5) is 5.69 Å². The Morgan fingerprint density at radius 2 is 1.90 bits per heavy atom. The zero-order valence-corrected chi connectivity index (χ0v) is 13.0. The van der Waals surface area contributed by atoms with Crippen LogP contribution in [-0.4, -0.2) is 4.98 Å². The van der Waals surface area contributed by atoms with E-state index >= 15 is 0 Å². The van der Waals surface area contributed by atoms with Crippen molar-refractivity contribution in [3.8, 4) is 0 Å². The second-order valence-corrected chi connectivity index (χ2v) is 5.51. The Labute approximate surface area is 126 Å². The number of rotatable bonds is 5. The summed E-state index contributed by atoms with van der Waals surface area (Å²) in [5, 5.41) is 3.98. The van der Waals surface area contributed by atoms with E-state index in [0.717, 1.165) is 17.7 Å². The summed E-state index contributed by atoms with van der Waals surface area (Å²) >= 11 is 6.15. The van der Waals surface area contributed by atoms with E-state index in [4.69, 9.17) is 11.6 Å². The number of hydrogen-bond acceptors (Lipinski definition) is 2. The van der Waals surface area contributed by atoms with E-state index in [-0.39, 0.29) is 6.04 Å². The number of anilines is 1. The van der Waals surface area contributed by atoms with E-state index in [9.17, 15) is 0 Å². The van der Waals surface area contributed by atoms with Crippen molar-refractivity contribution >= 4 is 17.3 Å². The van der Waals surface area contributed by atoms with Gasteiger partial charge in [-0.1, -0.05) is 49.2 Å². The molecule has 1 N–H and O–H groups in total. The third-order valence-electron chi connectivity index (χ3n) is 3.49. The second kappa shape index (κ2) is 6.76. The Balaban J connectivity index is 2.13. The first-order valence-electron chi connectivity index (χ1n) is 7.08. The largest absolute Gasteiger partial charge is 0.376 e. The highest BCUT2D eigenvalue weighted by Gasteiger charge is 2.10. The topological polar surface area (TPSA) is 24.9 Å². The summed E-state index contributed by atoms with van der Waals surface area (Å²) in [5.74, 6) is 0. The highest BCUT2D eigenvalue weighted by molar-refractivity contribution is 6.32. The number of benzene rings is 1. The Morgan fingerprint density at radius 3 is 2.50 bits per heavy atom. The molecule has 2 nitrogen and oxygen atoms in total. The van der Waals surface area contributed by atoms with Gasteiger partial charge in [0.05, 0.1) is 5.69 Å². The van der Waals surface area contributed by atoms with Crippen LogP contribution in [0, 0.1) is 6.92 Å². The van der Waals surface area contributed by atoms with Gasteiger partial charge in [-0.25, -0.2) is 4.98 Å². The van der Waals surface area contributed by atoms with Crippen LogP contribution >= 0.6 is 11.6 Å². The standard InChI is InChI=1S/C17H21ClN2/c1-4-5-14-6-8-15(9-7-14)13(3)20-16-12(2)10-11-19-17(16)18/h6-11,13,20H,4-5H2,1-3H3. The molecule has 1 aromatic carbocycles. The highest BCUT2D eigenvalue weighted by Crippen LogP contribution is 2.27. The van der Waals surface area contributed by atoms with E-state index in [1.54, 1.807) is 6.20 Å². The number of aromatic nitrogens is 1. The minimum atomic E-state index is 0.200. The van der Waals surface area contributed by atoms with E-state index in [1.165, 1.54) is 17.5 Å². The Kier molecular flexibility index (Phi) is 5.02. The molecule has 20 heavy (non-hydrogen) atoms. The van der Waals surface area contributed by atoms with Crippen LogP contribution in [0.3, 0.4) is 0 Å². The first kappa shape index (κ1) is 14.9. The molecule has 1 heterocycles. The third-order valence-corrected chi connectivity index (χ3v) is 3.78. The van der Waals surface area contributed by atoms with Gasteiger partial charge in [-0.2, -0.15) is 0 Å². The summed E-state index contributed by atoms with van der Waals surface area (Å²) in [6.45, 7) is 6.37. The number of halogens is 1. The first-order chi connectivity index (χ1) is 9.61. The summed E-state index contributed by atoms with van der Waals surface area (Å²) in [5.41, 5.74) is 4.67. The van der Waals surface area contributed by atoms with Crippen molar-refractivity contribution in [3.63, 3.8) is 0 Å². The van der Waals surface area contributed by atoms with Gasteiger partial charge in [-0.15, -0.1) is 0 Å². The van der Waals surface area contributed by atoms with Gasteiger partial charge in [0.25, 0.3) is 0 Å². The molecule has 2 aromatic rings. The van der Waals surface area contributed by atoms with Crippen LogP contribution in [0.5, 0.6) is 0 Å². The predicted molar refractivity (Wildman–Crippen MR) is 86.5 cm³/mol. The molecule has 0 bridgehead atoms. The van der Waals surface area contributed by atoms with Crippen molar-refractivity contribution in [2.24, 2.45) is 0 Å². The van der Waals surface area contributed by atoms with Gasteiger partial charge in [0.15, 0.2) is 5.15 Å². The lowest BCUT2D eigenvalue weighted by Crippen LogP contribution is -2.08. The molecule has 1 atom stereocenters. The van der Waals surface area contributed by atoms with Crippen molar-refractivity contribution in [3.05, 3.63) is 58.4 Å². The predicted octanol–water partition coefficient (Wildman–Crippen LogP) is 5.17. The van der Waals surface area contributed by atoms with Crippen LogP contribution in [0.15, 0.2) is 36.5 Å². The van der Waals surface area contributed by atoms with Gasteiger partial charge in [-0.3, -0.25) is 0 Å². The van der Waals surface area contributed by atoms with Gasteiger partial charge in [-0.05, 0) is 43.0 Å². The second-order valence-electron chi connectivity index (χ2n) is 5.15. The Hall–Kier alpha value is -1.54. The maximum Gasteiger partial charge on any atom is 0.152 e. The van der Waals surface area contributed by atoms with Crippen molar-refractivity contribution in [2.45, 2.75) is 39.7 Å². The molecule has 0 fully saturated rings. The molecule has 0 aliphatic carbocycles. The van der Waals surface area contributed by atoms with Crippen LogP contribution in [0.2, 0.25) is 5.15 Å². The molecule has 1 unspecified atom stereocenters. The fourth-order valence-corrected chi connectivity index (χ4v) is 2.52. The summed E-state index contributed by atoms with van der Waals surface area (Å²) in [7, 11) is 0. The Morgan fingerprint density at radius 1 is 1.20 bits per heavy atom. The average Bonchev–Trinajstić information content (AvgIpc) is 2.44. The van der Waals surface area contributed by atoms with E-state index in [0.29, 0.717) is 5.15 Å². The van der Waals surface area contributed by atoms with Crippen molar-refractivity contribution in [2.75, 3.05) is 5.32 Å². The SMILES string of the molecule is CCCc1ccc(C(C)Nc2c(C)ccnc2Cl)cc1.